The van der Waals surface area contributed by atoms with Gasteiger partial charge < -0.3 is 0 Å². The van der Waals surface area contributed by atoms with Gasteiger partial charge in [0.1, 0.15) is 5.78 Å². The van der Waals surface area contributed by atoms with Crippen molar-refractivity contribution in [2.45, 2.75) is 72.1 Å². The van der Waals surface area contributed by atoms with E-state index in [-0.39, 0.29) is 5.41 Å². The Bertz CT molecular complexity index is 194. The van der Waals surface area contributed by atoms with Crippen LogP contribution < -0.4 is 0 Å². The highest BCUT2D eigenvalue weighted by molar-refractivity contribution is 5.83. The lowest BCUT2D eigenvalue weighted by atomic mass is 9.83. The number of rotatable bonds is 4. The maximum absolute atomic E-state index is 11.7. The summed E-state index contributed by atoms with van der Waals surface area (Å²) >= 11 is 0. The SMILES string of the molecule is CC(C)(C)C(=O)CCCC1CCCCC1. The molecule has 1 nitrogen and oxygen atoms in total. The predicted molar refractivity (Wildman–Crippen MR) is 64.9 cm³/mol. The van der Waals surface area contributed by atoms with Gasteiger partial charge in [-0.2, -0.15) is 0 Å². The first-order chi connectivity index (χ1) is 7.00. The summed E-state index contributed by atoms with van der Waals surface area (Å²) in [5, 5.41) is 0. The molecule has 1 heteroatoms. The van der Waals surface area contributed by atoms with E-state index in [4.69, 9.17) is 0 Å². The number of carbonyl (C=O) groups excluding carboxylic acids is 1. The zero-order valence-electron chi connectivity index (χ0n) is 10.6. The van der Waals surface area contributed by atoms with Crippen LogP contribution in [-0.4, -0.2) is 5.78 Å². The second-order valence-corrected chi connectivity index (χ2v) is 6.07. The van der Waals surface area contributed by atoms with Crippen LogP contribution in [0.1, 0.15) is 72.1 Å². The Hall–Kier alpha value is -0.330. The van der Waals surface area contributed by atoms with Gasteiger partial charge >= 0.3 is 0 Å². The monoisotopic (exact) mass is 210 g/mol. The lowest BCUT2D eigenvalue weighted by Gasteiger charge is -2.22. The molecule has 0 radical (unpaired) electrons. The molecule has 0 aromatic carbocycles. The van der Waals surface area contributed by atoms with Crippen molar-refractivity contribution in [2.24, 2.45) is 11.3 Å². The first-order valence-corrected chi connectivity index (χ1v) is 6.53. The Morgan fingerprint density at radius 1 is 1.13 bits per heavy atom. The average Bonchev–Trinajstić information content (AvgIpc) is 2.18. The van der Waals surface area contributed by atoms with E-state index in [0.29, 0.717) is 5.78 Å². The highest BCUT2D eigenvalue weighted by atomic mass is 16.1. The number of ketones is 1. The number of hydrogen-bond donors (Lipinski definition) is 0. The molecule has 88 valence electrons. The van der Waals surface area contributed by atoms with Gasteiger partial charge in [0.2, 0.25) is 0 Å². The van der Waals surface area contributed by atoms with Gasteiger partial charge in [-0.05, 0) is 12.3 Å². The van der Waals surface area contributed by atoms with E-state index in [1.54, 1.807) is 0 Å². The van der Waals surface area contributed by atoms with Crippen LogP contribution in [0.3, 0.4) is 0 Å². The first kappa shape index (κ1) is 12.7. The largest absolute Gasteiger partial charge is 0.299 e. The Balaban J connectivity index is 2.12. The van der Waals surface area contributed by atoms with Gasteiger partial charge in [-0.3, -0.25) is 4.79 Å². The van der Waals surface area contributed by atoms with Crippen LogP contribution in [0.4, 0.5) is 0 Å². The predicted octanol–water partition coefficient (Wildman–Crippen LogP) is 4.35. The molecule has 0 bridgehead atoms. The molecule has 0 unspecified atom stereocenters. The molecule has 1 rings (SSSR count). The fourth-order valence-electron chi connectivity index (χ4n) is 2.40. The van der Waals surface area contributed by atoms with Crippen molar-refractivity contribution < 1.29 is 4.79 Å². The Kier molecular flexibility index (Phi) is 4.82. The van der Waals surface area contributed by atoms with Crippen molar-refractivity contribution >= 4 is 5.78 Å². The molecule has 0 spiro atoms. The van der Waals surface area contributed by atoms with E-state index in [2.05, 4.69) is 0 Å². The summed E-state index contributed by atoms with van der Waals surface area (Å²) in [6.07, 6.45) is 10.3. The van der Waals surface area contributed by atoms with E-state index in [0.717, 1.165) is 18.8 Å². The third kappa shape index (κ3) is 4.81. The van der Waals surface area contributed by atoms with Gasteiger partial charge in [-0.1, -0.05) is 59.3 Å². The molecular formula is C14H26O. The quantitative estimate of drug-likeness (QED) is 0.674. The summed E-state index contributed by atoms with van der Waals surface area (Å²) < 4.78 is 0. The molecule has 0 aromatic rings. The average molecular weight is 210 g/mol. The van der Waals surface area contributed by atoms with Crippen LogP contribution in [0.2, 0.25) is 0 Å². The van der Waals surface area contributed by atoms with E-state index >= 15 is 0 Å². The van der Waals surface area contributed by atoms with Crippen molar-refractivity contribution in [3.8, 4) is 0 Å². The molecule has 1 saturated carbocycles. The molecule has 0 N–H and O–H groups in total. The van der Waals surface area contributed by atoms with Crippen molar-refractivity contribution in [1.82, 2.24) is 0 Å². The molecule has 15 heavy (non-hydrogen) atoms. The topological polar surface area (TPSA) is 17.1 Å². The van der Waals surface area contributed by atoms with Crippen LogP contribution in [0, 0.1) is 11.3 Å². The molecular weight excluding hydrogens is 184 g/mol. The number of hydrogen-bond acceptors (Lipinski definition) is 1. The van der Waals surface area contributed by atoms with Crippen LogP contribution in [0.5, 0.6) is 0 Å². The smallest absolute Gasteiger partial charge is 0.138 e. The van der Waals surface area contributed by atoms with E-state index in [1.165, 1.54) is 38.5 Å². The van der Waals surface area contributed by atoms with Gasteiger partial charge in [0.15, 0.2) is 0 Å². The normalized spacial score (nSPS) is 19.1. The zero-order chi connectivity index (χ0) is 11.3. The molecule has 0 heterocycles. The van der Waals surface area contributed by atoms with E-state index in [9.17, 15) is 4.79 Å². The van der Waals surface area contributed by atoms with Crippen molar-refractivity contribution in [1.29, 1.82) is 0 Å². The lowest BCUT2D eigenvalue weighted by molar-refractivity contribution is -0.126. The Labute approximate surface area is 94.6 Å². The van der Waals surface area contributed by atoms with Crippen LogP contribution in [0.25, 0.3) is 0 Å². The third-order valence-electron chi connectivity index (χ3n) is 3.58. The highest BCUT2D eigenvalue weighted by Crippen LogP contribution is 2.28. The minimum absolute atomic E-state index is 0.132. The molecule has 0 aliphatic heterocycles. The number of carbonyl (C=O) groups is 1. The summed E-state index contributed by atoms with van der Waals surface area (Å²) in [5.74, 6) is 1.35. The lowest BCUT2D eigenvalue weighted by Crippen LogP contribution is -2.20. The van der Waals surface area contributed by atoms with Gasteiger partial charge in [0, 0.05) is 11.8 Å². The Morgan fingerprint density at radius 3 is 2.27 bits per heavy atom. The highest BCUT2D eigenvalue weighted by Gasteiger charge is 2.21. The fraction of sp³-hybridized carbons (Fsp3) is 0.929. The first-order valence-electron chi connectivity index (χ1n) is 6.53. The second kappa shape index (κ2) is 5.67. The van der Waals surface area contributed by atoms with Crippen LogP contribution in [0.15, 0.2) is 0 Å². The van der Waals surface area contributed by atoms with E-state index in [1.807, 2.05) is 20.8 Å². The molecule has 0 amide bonds. The van der Waals surface area contributed by atoms with Crippen LogP contribution >= 0.6 is 0 Å². The molecule has 0 saturated heterocycles. The van der Waals surface area contributed by atoms with Crippen molar-refractivity contribution in [3.05, 3.63) is 0 Å². The summed E-state index contributed by atoms with van der Waals surface area (Å²) in [5.41, 5.74) is -0.132. The summed E-state index contributed by atoms with van der Waals surface area (Å²) in [6.45, 7) is 6.07. The van der Waals surface area contributed by atoms with Gasteiger partial charge in [-0.25, -0.2) is 0 Å². The maximum atomic E-state index is 11.7. The molecule has 0 atom stereocenters. The molecule has 1 fully saturated rings. The standard InChI is InChI=1S/C14H26O/c1-14(2,3)13(15)11-7-10-12-8-5-4-6-9-12/h12H,4-11H2,1-3H3. The van der Waals surface area contributed by atoms with Crippen molar-refractivity contribution in [2.75, 3.05) is 0 Å². The van der Waals surface area contributed by atoms with Gasteiger partial charge in [-0.15, -0.1) is 0 Å². The van der Waals surface area contributed by atoms with E-state index < -0.39 is 0 Å². The summed E-state index contributed by atoms with van der Waals surface area (Å²) in [7, 11) is 0. The van der Waals surface area contributed by atoms with Crippen LogP contribution in [-0.2, 0) is 4.79 Å². The maximum Gasteiger partial charge on any atom is 0.138 e. The second-order valence-electron chi connectivity index (χ2n) is 6.07. The van der Waals surface area contributed by atoms with Gasteiger partial charge in [0.05, 0.1) is 0 Å². The fourth-order valence-corrected chi connectivity index (χ4v) is 2.40. The zero-order valence-corrected chi connectivity index (χ0v) is 10.6. The molecule has 1 aliphatic rings. The summed E-state index contributed by atoms with van der Waals surface area (Å²) in [6, 6.07) is 0. The van der Waals surface area contributed by atoms with Gasteiger partial charge in [0.25, 0.3) is 0 Å². The minimum atomic E-state index is -0.132. The molecule has 0 aromatic heterocycles. The third-order valence-corrected chi connectivity index (χ3v) is 3.58. The molecule has 1 aliphatic carbocycles. The van der Waals surface area contributed by atoms with Crippen molar-refractivity contribution in [3.63, 3.8) is 0 Å². The minimum Gasteiger partial charge on any atom is -0.299 e. The number of Topliss-reactive ketones (excluding diaryl/α,β-unsaturated/α-hetero) is 1. The Morgan fingerprint density at radius 2 is 1.73 bits per heavy atom. The summed E-state index contributed by atoms with van der Waals surface area (Å²) in [4.78, 5) is 11.7.